The van der Waals surface area contributed by atoms with Crippen LogP contribution in [0.4, 0.5) is 16.5 Å². The molecule has 1 amide bonds. The highest BCUT2D eigenvalue weighted by atomic mass is 35.5. The largest absolute Gasteiger partial charge is 0.325 e. The molecule has 9 nitrogen and oxygen atoms in total. The molecule has 1 aromatic heterocycles. The minimum atomic E-state index is -4.11. The molecular formula is C24H21ClN4O5S3. The van der Waals surface area contributed by atoms with Gasteiger partial charge in [-0.05, 0) is 67.1 Å². The number of rotatable bonds is 9. The molecule has 0 atom stereocenters. The van der Waals surface area contributed by atoms with Crippen molar-refractivity contribution >= 4 is 65.4 Å². The van der Waals surface area contributed by atoms with E-state index in [-0.39, 0.29) is 14.9 Å². The molecule has 0 fully saturated rings. The fourth-order valence-electron chi connectivity index (χ4n) is 3.37. The maximum Gasteiger partial charge on any atom is 0.264 e. The molecule has 4 aromatic rings. The summed E-state index contributed by atoms with van der Waals surface area (Å²) in [5.41, 5.74) is 1.31. The second kappa shape index (κ2) is 10.9. The van der Waals surface area contributed by atoms with Crippen LogP contribution in [0, 0.1) is 6.92 Å². The van der Waals surface area contributed by atoms with E-state index in [0.717, 1.165) is 15.6 Å². The Labute approximate surface area is 223 Å². The highest BCUT2D eigenvalue weighted by Crippen LogP contribution is 2.27. The van der Waals surface area contributed by atoms with E-state index in [1.807, 2.05) is 0 Å². The Morgan fingerprint density at radius 1 is 0.946 bits per heavy atom. The molecule has 0 spiro atoms. The smallest absolute Gasteiger partial charge is 0.264 e. The lowest BCUT2D eigenvalue weighted by molar-refractivity contribution is -0.114. The molecule has 0 saturated carbocycles. The van der Waals surface area contributed by atoms with Gasteiger partial charge < -0.3 is 5.32 Å². The van der Waals surface area contributed by atoms with Gasteiger partial charge in [-0.15, -0.1) is 11.3 Å². The van der Waals surface area contributed by atoms with Crippen LogP contribution in [0.25, 0.3) is 0 Å². The van der Waals surface area contributed by atoms with Gasteiger partial charge in [-0.25, -0.2) is 21.8 Å². The summed E-state index contributed by atoms with van der Waals surface area (Å²) in [6.45, 7) is 1.23. The Morgan fingerprint density at radius 3 is 2.22 bits per heavy atom. The SMILES string of the molecule is Cc1ccccc1N(CC(=O)Nc1ccc(S(=O)(=O)Nc2nccs2)cc1)S(=O)(=O)c1ccc(Cl)cc1. The van der Waals surface area contributed by atoms with Gasteiger partial charge in [0.25, 0.3) is 20.0 Å². The normalized spacial score (nSPS) is 11.6. The second-order valence-electron chi connectivity index (χ2n) is 7.77. The number of thiazole rings is 1. The van der Waals surface area contributed by atoms with Crippen molar-refractivity contribution in [2.45, 2.75) is 16.7 Å². The number of amides is 1. The Balaban J connectivity index is 1.55. The number of carbonyl (C=O) groups excluding carboxylic acids is 1. The van der Waals surface area contributed by atoms with Crippen molar-refractivity contribution in [3.8, 4) is 0 Å². The molecule has 4 rings (SSSR count). The number of benzene rings is 3. The van der Waals surface area contributed by atoms with Crippen LogP contribution in [-0.2, 0) is 24.8 Å². The number of nitrogens with one attached hydrogen (secondary N) is 2. The van der Waals surface area contributed by atoms with Crippen molar-refractivity contribution in [1.29, 1.82) is 0 Å². The topological polar surface area (TPSA) is 126 Å². The molecule has 0 unspecified atom stereocenters. The molecule has 0 aliphatic rings. The van der Waals surface area contributed by atoms with E-state index in [4.69, 9.17) is 11.6 Å². The number of aromatic nitrogens is 1. The third-order valence-electron chi connectivity index (χ3n) is 5.18. The van der Waals surface area contributed by atoms with E-state index in [2.05, 4.69) is 15.0 Å². The molecule has 37 heavy (non-hydrogen) atoms. The lowest BCUT2D eigenvalue weighted by Gasteiger charge is -2.25. The van der Waals surface area contributed by atoms with Gasteiger partial charge in [-0.2, -0.15) is 0 Å². The van der Waals surface area contributed by atoms with Crippen LogP contribution in [0.3, 0.4) is 0 Å². The van der Waals surface area contributed by atoms with Crippen LogP contribution in [0.5, 0.6) is 0 Å². The first-order valence-electron chi connectivity index (χ1n) is 10.7. The molecule has 192 valence electrons. The number of halogens is 1. The standard InChI is InChI=1S/C24H21ClN4O5S3/c1-17-4-2-3-5-22(17)29(37(33,34)21-10-6-18(25)7-11-21)16-23(30)27-19-8-12-20(13-9-19)36(31,32)28-24-26-14-15-35-24/h2-15H,16H2,1H3,(H,26,28)(H,27,30). The zero-order valence-electron chi connectivity index (χ0n) is 19.3. The highest BCUT2D eigenvalue weighted by molar-refractivity contribution is 7.93. The quantitative estimate of drug-likeness (QED) is 0.296. The van der Waals surface area contributed by atoms with Gasteiger partial charge in [-0.1, -0.05) is 29.8 Å². The first-order valence-corrected chi connectivity index (χ1v) is 14.9. The van der Waals surface area contributed by atoms with Gasteiger partial charge in [0.15, 0.2) is 5.13 Å². The van der Waals surface area contributed by atoms with Crippen LogP contribution >= 0.6 is 22.9 Å². The van der Waals surface area contributed by atoms with Gasteiger partial charge in [-0.3, -0.25) is 13.8 Å². The molecule has 13 heteroatoms. The number of nitrogens with zero attached hydrogens (tertiary/aromatic N) is 2. The molecule has 2 N–H and O–H groups in total. The van der Waals surface area contributed by atoms with Crippen molar-refractivity contribution in [1.82, 2.24) is 4.98 Å². The van der Waals surface area contributed by atoms with Gasteiger partial charge in [0, 0.05) is 22.3 Å². The molecule has 0 radical (unpaired) electrons. The number of hydrogen-bond donors (Lipinski definition) is 2. The van der Waals surface area contributed by atoms with Gasteiger partial charge in [0.2, 0.25) is 5.91 Å². The van der Waals surface area contributed by atoms with E-state index in [1.54, 1.807) is 36.6 Å². The van der Waals surface area contributed by atoms with E-state index in [1.165, 1.54) is 54.7 Å². The van der Waals surface area contributed by atoms with E-state index in [0.29, 0.717) is 22.0 Å². The fraction of sp³-hybridized carbons (Fsp3) is 0.0833. The highest BCUT2D eigenvalue weighted by Gasteiger charge is 2.28. The first kappa shape index (κ1) is 26.6. The zero-order chi connectivity index (χ0) is 26.6. The molecule has 3 aromatic carbocycles. The summed E-state index contributed by atoms with van der Waals surface area (Å²) in [5.74, 6) is -0.614. The number of sulfonamides is 2. The molecule has 1 heterocycles. The lowest BCUT2D eigenvalue weighted by atomic mass is 10.2. The van der Waals surface area contributed by atoms with Crippen molar-refractivity contribution in [2.75, 3.05) is 20.9 Å². The van der Waals surface area contributed by atoms with E-state index >= 15 is 0 Å². The molecule has 0 bridgehead atoms. The Kier molecular flexibility index (Phi) is 7.83. The van der Waals surface area contributed by atoms with Crippen LogP contribution in [0.1, 0.15) is 5.56 Å². The third-order valence-corrected chi connectivity index (χ3v) is 9.37. The minimum absolute atomic E-state index is 0.0183. The molecular weight excluding hydrogens is 556 g/mol. The molecule has 0 aliphatic heterocycles. The predicted molar refractivity (Wildman–Crippen MR) is 145 cm³/mol. The minimum Gasteiger partial charge on any atom is -0.325 e. The first-order chi connectivity index (χ1) is 17.6. The number of hydrogen-bond acceptors (Lipinski definition) is 7. The third kappa shape index (κ3) is 6.28. The maximum atomic E-state index is 13.5. The summed E-state index contributed by atoms with van der Waals surface area (Å²) in [4.78, 5) is 16.8. The number of carbonyl (C=O) groups is 1. The summed E-state index contributed by atoms with van der Waals surface area (Å²) >= 11 is 7.06. The summed E-state index contributed by atoms with van der Waals surface area (Å²) < 4.78 is 55.4. The van der Waals surface area contributed by atoms with Crippen molar-refractivity contribution in [2.24, 2.45) is 0 Å². The van der Waals surface area contributed by atoms with Gasteiger partial charge in [0.05, 0.1) is 15.5 Å². The Bertz CT molecular complexity index is 1610. The van der Waals surface area contributed by atoms with Crippen LogP contribution < -0.4 is 14.3 Å². The Hall–Kier alpha value is -3.45. The summed E-state index contributed by atoms with van der Waals surface area (Å²) in [7, 11) is -7.96. The summed E-state index contributed by atoms with van der Waals surface area (Å²) in [5, 5.41) is 4.88. The number of anilines is 3. The molecule has 0 saturated heterocycles. The predicted octanol–water partition coefficient (Wildman–Crippen LogP) is 4.74. The van der Waals surface area contributed by atoms with Crippen molar-refractivity contribution in [3.05, 3.63) is 95.0 Å². The van der Waals surface area contributed by atoms with Crippen LogP contribution in [-0.4, -0.2) is 34.3 Å². The lowest BCUT2D eigenvalue weighted by Crippen LogP contribution is -2.38. The summed E-state index contributed by atoms with van der Waals surface area (Å²) in [6.07, 6.45) is 1.48. The van der Waals surface area contributed by atoms with E-state index in [9.17, 15) is 21.6 Å². The fourth-order valence-corrected chi connectivity index (χ4v) is 6.77. The van der Waals surface area contributed by atoms with Crippen LogP contribution in [0.2, 0.25) is 5.02 Å². The second-order valence-corrected chi connectivity index (χ2v) is 12.6. The number of para-hydroxylation sites is 1. The Morgan fingerprint density at radius 2 is 1.59 bits per heavy atom. The zero-order valence-corrected chi connectivity index (χ0v) is 22.5. The van der Waals surface area contributed by atoms with Crippen molar-refractivity contribution < 1.29 is 21.6 Å². The van der Waals surface area contributed by atoms with Crippen LogP contribution in [0.15, 0.2) is 94.2 Å². The monoisotopic (exact) mass is 576 g/mol. The summed E-state index contributed by atoms with van der Waals surface area (Å²) in [6, 6.07) is 18.0. The van der Waals surface area contributed by atoms with Gasteiger partial charge >= 0.3 is 0 Å². The average Bonchev–Trinajstić information content (AvgIpc) is 3.36. The number of aryl methyl sites for hydroxylation is 1. The maximum absolute atomic E-state index is 13.5. The van der Waals surface area contributed by atoms with Crippen molar-refractivity contribution in [3.63, 3.8) is 0 Å². The molecule has 0 aliphatic carbocycles. The average molecular weight is 577 g/mol. The van der Waals surface area contributed by atoms with Gasteiger partial charge in [0.1, 0.15) is 6.54 Å². The van der Waals surface area contributed by atoms with E-state index < -0.39 is 32.5 Å².